The Labute approximate surface area is 85.4 Å². The number of hydrogen-bond donors (Lipinski definition) is 2. The van der Waals surface area contributed by atoms with Crippen LogP contribution in [0.25, 0.3) is 0 Å². The van der Waals surface area contributed by atoms with Crippen molar-refractivity contribution < 1.29 is 4.79 Å². The number of amides is 1. The first-order chi connectivity index (χ1) is 6.25. The summed E-state index contributed by atoms with van der Waals surface area (Å²) in [4.78, 5) is 11.4. The van der Waals surface area contributed by atoms with Gasteiger partial charge in [0.05, 0.1) is 5.56 Å². The number of hydrogen-bond acceptors (Lipinski definition) is 2. The van der Waals surface area contributed by atoms with Gasteiger partial charge in [-0.05, 0) is 12.1 Å². The summed E-state index contributed by atoms with van der Waals surface area (Å²) in [5, 5.41) is 3.47. The number of carbonyl (C=O) groups excluding carboxylic acids is 1. The Bertz CT molecular complexity index is 301. The van der Waals surface area contributed by atoms with Crippen LogP contribution in [0.5, 0.6) is 0 Å². The van der Waals surface area contributed by atoms with Gasteiger partial charge in [-0.25, -0.2) is 0 Å². The molecule has 1 aromatic carbocycles. The standard InChI is InChI=1S/C9H11BrN2O/c10-5-6-12-9(13)7-3-1-2-4-8(7)11/h1-4H,5-6,11H2,(H,12,13). The van der Waals surface area contributed by atoms with E-state index in [1.54, 1.807) is 24.3 Å². The SMILES string of the molecule is Nc1ccccc1C(=O)NCCBr. The summed E-state index contributed by atoms with van der Waals surface area (Å²) < 4.78 is 0. The van der Waals surface area contributed by atoms with Gasteiger partial charge in [0.1, 0.15) is 0 Å². The molecular formula is C9H11BrN2O. The third-order valence-electron chi connectivity index (χ3n) is 1.59. The van der Waals surface area contributed by atoms with Crippen LogP contribution in [-0.4, -0.2) is 17.8 Å². The highest BCUT2D eigenvalue weighted by atomic mass is 79.9. The maximum Gasteiger partial charge on any atom is 0.253 e. The van der Waals surface area contributed by atoms with E-state index in [1.165, 1.54) is 0 Å². The van der Waals surface area contributed by atoms with Crippen molar-refractivity contribution in [2.75, 3.05) is 17.6 Å². The van der Waals surface area contributed by atoms with Gasteiger partial charge in [0.25, 0.3) is 5.91 Å². The molecule has 0 aliphatic rings. The molecule has 0 aliphatic heterocycles. The Morgan fingerprint density at radius 1 is 1.46 bits per heavy atom. The van der Waals surface area contributed by atoms with E-state index in [9.17, 15) is 4.79 Å². The monoisotopic (exact) mass is 242 g/mol. The normalized spacial score (nSPS) is 9.62. The van der Waals surface area contributed by atoms with Crippen molar-refractivity contribution in [2.45, 2.75) is 0 Å². The van der Waals surface area contributed by atoms with Gasteiger partial charge in [-0.15, -0.1) is 0 Å². The lowest BCUT2D eigenvalue weighted by molar-refractivity contribution is 0.0957. The molecule has 0 bridgehead atoms. The maximum atomic E-state index is 11.4. The zero-order chi connectivity index (χ0) is 9.68. The van der Waals surface area contributed by atoms with Gasteiger partial charge in [-0.1, -0.05) is 28.1 Å². The Hall–Kier alpha value is -1.03. The van der Waals surface area contributed by atoms with E-state index in [2.05, 4.69) is 21.2 Å². The van der Waals surface area contributed by atoms with Gasteiger partial charge in [-0.3, -0.25) is 4.79 Å². The van der Waals surface area contributed by atoms with Crippen LogP contribution < -0.4 is 11.1 Å². The van der Waals surface area contributed by atoms with E-state index in [0.717, 1.165) is 5.33 Å². The molecule has 0 aliphatic carbocycles. The first-order valence-corrected chi connectivity index (χ1v) is 5.06. The van der Waals surface area contributed by atoms with Crippen molar-refractivity contribution >= 4 is 27.5 Å². The summed E-state index contributed by atoms with van der Waals surface area (Å²) in [6, 6.07) is 7.01. The van der Waals surface area contributed by atoms with Crippen LogP contribution in [0.3, 0.4) is 0 Å². The molecule has 0 fully saturated rings. The number of para-hydroxylation sites is 1. The lowest BCUT2D eigenvalue weighted by Crippen LogP contribution is -2.25. The first kappa shape index (κ1) is 10.1. The average molecular weight is 243 g/mol. The van der Waals surface area contributed by atoms with Crippen LogP contribution in [0.1, 0.15) is 10.4 Å². The Morgan fingerprint density at radius 3 is 2.77 bits per heavy atom. The molecule has 0 saturated carbocycles. The van der Waals surface area contributed by atoms with E-state index in [1.807, 2.05) is 0 Å². The van der Waals surface area contributed by atoms with Gasteiger partial charge in [0.2, 0.25) is 0 Å². The highest BCUT2D eigenvalue weighted by Gasteiger charge is 2.06. The van der Waals surface area contributed by atoms with Crippen molar-refractivity contribution in [2.24, 2.45) is 0 Å². The van der Waals surface area contributed by atoms with E-state index in [0.29, 0.717) is 17.8 Å². The fraction of sp³-hybridized carbons (Fsp3) is 0.222. The van der Waals surface area contributed by atoms with Crippen LogP contribution >= 0.6 is 15.9 Å². The zero-order valence-electron chi connectivity index (χ0n) is 7.09. The molecule has 13 heavy (non-hydrogen) atoms. The molecule has 3 nitrogen and oxygen atoms in total. The summed E-state index contributed by atoms with van der Waals surface area (Å²) in [6.45, 7) is 0.604. The summed E-state index contributed by atoms with van der Waals surface area (Å²) in [7, 11) is 0. The fourth-order valence-electron chi connectivity index (χ4n) is 0.960. The Kier molecular flexibility index (Phi) is 3.76. The number of rotatable bonds is 3. The lowest BCUT2D eigenvalue weighted by atomic mass is 10.2. The molecule has 0 heterocycles. The number of nitrogens with one attached hydrogen (secondary N) is 1. The molecule has 0 saturated heterocycles. The Morgan fingerprint density at radius 2 is 2.15 bits per heavy atom. The second-order valence-electron chi connectivity index (χ2n) is 2.53. The average Bonchev–Trinajstić information content (AvgIpc) is 2.15. The first-order valence-electron chi connectivity index (χ1n) is 3.94. The summed E-state index contributed by atoms with van der Waals surface area (Å²) in [5.41, 5.74) is 6.66. The molecule has 1 amide bonds. The van der Waals surface area contributed by atoms with Crippen molar-refractivity contribution in [1.82, 2.24) is 5.32 Å². The molecule has 0 spiro atoms. The minimum absolute atomic E-state index is 0.127. The topological polar surface area (TPSA) is 55.1 Å². The number of alkyl halides is 1. The predicted octanol–water partition coefficient (Wildman–Crippen LogP) is 1.39. The van der Waals surface area contributed by atoms with Crippen LogP contribution in [0, 0.1) is 0 Å². The number of nitrogens with two attached hydrogens (primary N) is 1. The maximum absolute atomic E-state index is 11.4. The minimum Gasteiger partial charge on any atom is -0.398 e. The minimum atomic E-state index is -0.127. The molecular weight excluding hydrogens is 232 g/mol. The zero-order valence-corrected chi connectivity index (χ0v) is 8.67. The van der Waals surface area contributed by atoms with Gasteiger partial charge >= 0.3 is 0 Å². The number of halogens is 1. The number of carbonyl (C=O) groups is 1. The highest BCUT2D eigenvalue weighted by molar-refractivity contribution is 9.09. The van der Waals surface area contributed by atoms with E-state index in [4.69, 9.17) is 5.73 Å². The van der Waals surface area contributed by atoms with Crippen molar-refractivity contribution in [1.29, 1.82) is 0 Å². The van der Waals surface area contributed by atoms with Gasteiger partial charge in [-0.2, -0.15) is 0 Å². The molecule has 1 aromatic rings. The molecule has 0 unspecified atom stereocenters. The third kappa shape index (κ3) is 2.73. The van der Waals surface area contributed by atoms with Crippen molar-refractivity contribution in [3.63, 3.8) is 0 Å². The second kappa shape index (κ2) is 4.87. The molecule has 0 radical (unpaired) electrons. The second-order valence-corrected chi connectivity index (χ2v) is 3.33. The number of nitrogen functional groups attached to an aromatic ring is 1. The number of anilines is 1. The van der Waals surface area contributed by atoms with Gasteiger partial charge < -0.3 is 11.1 Å². The molecule has 4 heteroatoms. The number of benzene rings is 1. The molecule has 0 atom stereocenters. The van der Waals surface area contributed by atoms with E-state index < -0.39 is 0 Å². The van der Waals surface area contributed by atoms with E-state index in [-0.39, 0.29) is 5.91 Å². The molecule has 3 N–H and O–H groups in total. The van der Waals surface area contributed by atoms with Gasteiger partial charge in [0, 0.05) is 17.6 Å². The predicted molar refractivity (Wildman–Crippen MR) is 57.0 cm³/mol. The van der Waals surface area contributed by atoms with Crippen LogP contribution in [-0.2, 0) is 0 Å². The molecule has 0 aromatic heterocycles. The molecule has 1 rings (SSSR count). The largest absolute Gasteiger partial charge is 0.398 e. The van der Waals surface area contributed by atoms with Crippen molar-refractivity contribution in [3.8, 4) is 0 Å². The van der Waals surface area contributed by atoms with Crippen molar-refractivity contribution in [3.05, 3.63) is 29.8 Å². The summed E-state index contributed by atoms with van der Waals surface area (Å²) in [6.07, 6.45) is 0. The quantitative estimate of drug-likeness (QED) is 0.622. The van der Waals surface area contributed by atoms with Crippen LogP contribution in [0.15, 0.2) is 24.3 Å². The van der Waals surface area contributed by atoms with Crippen LogP contribution in [0.2, 0.25) is 0 Å². The van der Waals surface area contributed by atoms with Crippen LogP contribution in [0.4, 0.5) is 5.69 Å². The summed E-state index contributed by atoms with van der Waals surface area (Å²) in [5.74, 6) is -0.127. The lowest BCUT2D eigenvalue weighted by Gasteiger charge is -2.04. The highest BCUT2D eigenvalue weighted by Crippen LogP contribution is 2.09. The summed E-state index contributed by atoms with van der Waals surface area (Å²) >= 11 is 3.22. The van der Waals surface area contributed by atoms with Gasteiger partial charge in [0.15, 0.2) is 0 Å². The smallest absolute Gasteiger partial charge is 0.253 e. The third-order valence-corrected chi connectivity index (χ3v) is 1.98. The van der Waals surface area contributed by atoms with E-state index >= 15 is 0 Å². The fourth-order valence-corrected chi connectivity index (χ4v) is 1.16. The Balaban J connectivity index is 2.71. The molecule has 70 valence electrons.